The van der Waals surface area contributed by atoms with Gasteiger partial charge < -0.3 is 15.4 Å². The Bertz CT molecular complexity index is 445. The van der Waals surface area contributed by atoms with E-state index in [-0.39, 0.29) is 6.61 Å². The van der Waals surface area contributed by atoms with Gasteiger partial charge in [0, 0.05) is 29.9 Å². The van der Waals surface area contributed by atoms with Crippen LogP contribution in [0.25, 0.3) is 10.9 Å². The van der Waals surface area contributed by atoms with Crippen LogP contribution < -0.4 is 5.73 Å². The van der Waals surface area contributed by atoms with E-state index < -0.39 is 0 Å². The molecule has 13 heavy (non-hydrogen) atoms. The minimum atomic E-state index is 0.0707. The topological polar surface area (TPSA) is 51.2 Å². The SMILES string of the molecule is Cn1cc(CO)c2ccc(N)cc21. The van der Waals surface area contributed by atoms with E-state index in [1.807, 2.05) is 36.0 Å². The fraction of sp³-hybridized carbons (Fsp3) is 0.200. The molecule has 1 aromatic carbocycles. The molecule has 3 nitrogen and oxygen atoms in total. The van der Waals surface area contributed by atoms with Crippen molar-refractivity contribution >= 4 is 16.6 Å². The van der Waals surface area contributed by atoms with Crippen LogP contribution in [-0.4, -0.2) is 9.67 Å². The summed E-state index contributed by atoms with van der Waals surface area (Å²) < 4.78 is 1.97. The summed E-state index contributed by atoms with van der Waals surface area (Å²) in [7, 11) is 1.95. The third-order valence-electron chi connectivity index (χ3n) is 2.27. The lowest BCUT2D eigenvalue weighted by Crippen LogP contribution is -1.87. The normalized spacial score (nSPS) is 10.9. The van der Waals surface area contributed by atoms with E-state index in [2.05, 4.69) is 0 Å². The average Bonchev–Trinajstić information content (AvgIpc) is 2.43. The first-order valence-corrected chi connectivity index (χ1v) is 4.16. The van der Waals surface area contributed by atoms with Gasteiger partial charge in [-0.1, -0.05) is 6.07 Å². The molecule has 3 heteroatoms. The zero-order valence-corrected chi connectivity index (χ0v) is 7.49. The van der Waals surface area contributed by atoms with E-state index in [1.54, 1.807) is 0 Å². The van der Waals surface area contributed by atoms with Crippen LogP contribution in [-0.2, 0) is 13.7 Å². The smallest absolute Gasteiger partial charge is 0.0702 e. The Morgan fingerprint density at radius 3 is 2.92 bits per heavy atom. The molecule has 3 N–H and O–H groups in total. The Kier molecular flexibility index (Phi) is 1.74. The van der Waals surface area contributed by atoms with Gasteiger partial charge in [0.05, 0.1) is 12.1 Å². The molecular formula is C10H12N2O. The molecule has 0 atom stereocenters. The number of hydrogen-bond donors (Lipinski definition) is 2. The Morgan fingerprint density at radius 1 is 1.46 bits per heavy atom. The number of hydrogen-bond acceptors (Lipinski definition) is 2. The van der Waals surface area contributed by atoms with Crippen molar-refractivity contribution < 1.29 is 5.11 Å². The Hall–Kier alpha value is -1.48. The van der Waals surface area contributed by atoms with Crippen molar-refractivity contribution in [1.29, 1.82) is 0 Å². The third-order valence-corrected chi connectivity index (χ3v) is 2.27. The molecule has 0 bridgehead atoms. The highest BCUT2D eigenvalue weighted by Crippen LogP contribution is 2.22. The van der Waals surface area contributed by atoms with Crippen molar-refractivity contribution in [2.75, 3.05) is 5.73 Å². The van der Waals surface area contributed by atoms with Crippen LogP contribution in [0.15, 0.2) is 24.4 Å². The van der Waals surface area contributed by atoms with Gasteiger partial charge in [0.15, 0.2) is 0 Å². The van der Waals surface area contributed by atoms with Gasteiger partial charge in [-0.05, 0) is 12.1 Å². The second-order valence-corrected chi connectivity index (χ2v) is 3.20. The van der Waals surface area contributed by atoms with Gasteiger partial charge >= 0.3 is 0 Å². The minimum absolute atomic E-state index is 0.0707. The van der Waals surface area contributed by atoms with Gasteiger partial charge in [-0.3, -0.25) is 0 Å². The zero-order valence-electron chi connectivity index (χ0n) is 7.49. The van der Waals surface area contributed by atoms with Crippen LogP contribution >= 0.6 is 0 Å². The van der Waals surface area contributed by atoms with Crippen LogP contribution in [0.3, 0.4) is 0 Å². The van der Waals surface area contributed by atoms with Crippen LogP contribution in [0, 0.1) is 0 Å². The second-order valence-electron chi connectivity index (χ2n) is 3.20. The number of fused-ring (bicyclic) bond motifs is 1. The van der Waals surface area contributed by atoms with Gasteiger partial charge in [0.2, 0.25) is 0 Å². The highest BCUT2D eigenvalue weighted by Gasteiger charge is 2.04. The monoisotopic (exact) mass is 176 g/mol. The number of nitrogens with two attached hydrogens (primary N) is 1. The molecule has 0 radical (unpaired) electrons. The number of nitrogens with zero attached hydrogens (tertiary/aromatic N) is 1. The lowest BCUT2D eigenvalue weighted by molar-refractivity contribution is 0.283. The quantitative estimate of drug-likeness (QED) is 0.642. The Balaban J connectivity index is 2.80. The van der Waals surface area contributed by atoms with E-state index in [0.29, 0.717) is 0 Å². The summed E-state index contributed by atoms with van der Waals surface area (Å²) in [6.07, 6.45) is 1.92. The number of aryl methyl sites for hydroxylation is 1. The number of aromatic nitrogens is 1. The summed E-state index contributed by atoms with van der Waals surface area (Å²) in [5.41, 5.74) is 8.42. The number of rotatable bonds is 1. The average molecular weight is 176 g/mol. The highest BCUT2D eigenvalue weighted by atomic mass is 16.3. The fourth-order valence-electron chi connectivity index (χ4n) is 1.61. The van der Waals surface area contributed by atoms with Crippen LogP contribution in [0.2, 0.25) is 0 Å². The maximum atomic E-state index is 9.07. The van der Waals surface area contributed by atoms with Crippen LogP contribution in [0.5, 0.6) is 0 Å². The Labute approximate surface area is 76.4 Å². The fourth-order valence-corrected chi connectivity index (χ4v) is 1.61. The van der Waals surface area contributed by atoms with Crippen molar-refractivity contribution in [1.82, 2.24) is 4.57 Å². The first-order valence-electron chi connectivity index (χ1n) is 4.16. The summed E-state index contributed by atoms with van der Waals surface area (Å²) in [6, 6.07) is 5.70. The largest absolute Gasteiger partial charge is 0.399 e. The first-order chi connectivity index (χ1) is 6.22. The molecule has 0 spiro atoms. The van der Waals surface area contributed by atoms with Crippen molar-refractivity contribution in [3.8, 4) is 0 Å². The molecule has 1 aromatic heterocycles. The van der Waals surface area contributed by atoms with Crippen LogP contribution in [0.4, 0.5) is 5.69 Å². The number of anilines is 1. The molecule has 2 aromatic rings. The van der Waals surface area contributed by atoms with Crippen molar-refractivity contribution in [3.05, 3.63) is 30.0 Å². The predicted molar refractivity (Wildman–Crippen MR) is 53.3 cm³/mol. The van der Waals surface area contributed by atoms with E-state index in [4.69, 9.17) is 10.8 Å². The third kappa shape index (κ3) is 1.17. The number of aliphatic hydroxyl groups excluding tert-OH is 1. The molecule has 0 fully saturated rings. The van der Waals surface area contributed by atoms with E-state index in [1.165, 1.54) is 0 Å². The maximum Gasteiger partial charge on any atom is 0.0702 e. The molecule has 0 amide bonds. The number of nitrogen functional groups attached to an aromatic ring is 1. The summed E-state index contributed by atoms with van der Waals surface area (Å²) in [6.45, 7) is 0.0707. The maximum absolute atomic E-state index is 9.07. The van der Waals surface area contributed by atoms with Crippen LogP contribution in [0.1, 0.15) is 5.56 Å². The van der Waals surface area contributed by atoms with Gasteiger partial charge in [-0.15, -0.1) is 0 Å². The molecule has 0 unspecified atom stereocenters. The van der Waals surface area contributed by atoms with Crippen molar-refractivity contribution in [2.24, 2.45) is 7.05 Å². The molecule has 0 saturated heterocycles. The molecule has 0 aliphatic rings. The van der Waals surface area contributed by atoms with E-state index in [9.17, 15) is 0 Å². The molecule has 0 saturated carbocycles. The van der Waals surface area contributed by atoms with Crippen molar-refractivity contribution in [3.63, 3.8) is 0 Å². The molecule has 0 aliphatic heterocycles. The zero-order chi connectivity index (χ0) is 9.42. The summed E-state index contributed by atoms with van der Waals surface area (Å²) >= 11 is 0. The predicted octanol–water partition coefficient (Wildman–Crippen LogP) is 1.25. The molecular weight excluding hydrogens is 164 g/mol. The summed E-state index contributed by atoms with van der Waals surface area (Å²) in [5.74, 6) is 0. The molecule has 68 valence electrons. The standard InChI is InChI=1S/C10H12N2O/c1-12-5-7(6-13)9-3-2-8(11)4-10(9)12/h2-5,13H,6,11H2,1H3. The molecule has 2 rings (SSSR count). The number of aliphatic hydroxyl groups is 1. The number of benzene rings is 1. The highest BCUT2D eigenvalue weighted by molar-refractivity contribution is 5.86. The first kappa shape index (κ1) is 8.13. The Morgan fingerprint density at radius 2 is 2.23 bits per heavy atom. The molecule has 1 heterocycles. The van der Waals surface area contributed by atoms with Crippen molar-refractivity contribution in [2.45, 2.75) is 6.61 Å². The van der Waals surface area contributed by atoms with E-state index >= 15 is 0 Å². The van der Waals surface area contributed by atoms with Gasteiger partial charge in [-0.2, -0.15) is 0 Å². The minimum Gasteiger partial charge on any atom is -0.399 e. The summed E-state index contributed by atoms with van der Waals surface area (Å²) in [4.78, 5) is 0. The lowest BCUT2D eigenvalue weighted by atomic mass is 10.2. The van der Waals surface area contributed by atoms with E-state index in [0.717, 1.165) is 22.2 Å². The van der Waals surface area contributed by atoms with Gasteiger partial charge in [0.1, 0.15) is 0 Å². The van der Waals surface area contributed by atoms with Gasteiger partial charge in [0.25, 0.3) is 0 Å². The van der Waals surface area contributed by atoms with Gasteiger partial charge in [-0.25, -0.2) is 0 Å². The lowest BCUT2D eigenvalue weighted by Gasteiger charge is -1.97. The summed E-state index contributed by atoms with van der Waals surface area (Å²) in [5, 5.41) is 10.1. The second kappa shape index (κ2) is 2.78. The molecule has 0 aliphatic carbocycles.